The lowest BCUT2D eigenvalue weighted by molar-refractivity contribution is -0.00523. The summed E-state index contributed by atoms with van der Waals surface area (Å²) >= 11 is 0. The summed E-state index contributed by atoms with van der Waals surface area (Å²) in [6.07, 6.45) is 5.50. The average Bonchev–Trinajstić information content (AvgIpc) is 2.70. The van der Waals surface area contributed by atoms with Crippen molar-refractivity contribution >= 4 is 11.5 Å². The van der Waals surface area contributed by atoms with Crippen LogP contribution in [0.5, 0.6) is 0 Å². The molecule has 0 bridgehead atoms. The second kappa shape index (κ2) is 8.69. The maximum Gasteiger partial charge on any atom is 0.194 e. The van der Waals surface area contributed by atoms with Gasteiger partial charge in [0, 0.05) is 45.4 Å². The number of likely N-dealkylation sites (N-methyl/N-ethyl adjacent to an activating group) is 1. The summed E-state index contributed by atoms with van der Waals surface area (Å²) in [6, 6.07) is 10.7. The predicted octanol–water partition coefficient (Wildman–Crippen LogP) is 2.46. The van der Waals surface area contributed by atoms with Crippen molar-refractivity contribution in [2.75, 3.05) is 54.0 Å². The van der Waals surface area contributed by atoms with Crippen molar-refractivity contribution in [3.63, 3.8) is 0 Å². The van der Waals surface area contributed by atoms with Gasteiger partial charge >= 0.3 is 0 Å². The van der Waals surface area contributed by atoms with Gasteiger partial charge in [-0.1, -0.05) is 36.4 Å². The van der Waals surface area contributed by atoms with Gasteiger partial charge in [0.1, 0.15) is 0 Å². The van der Waals surface area contributed by atoms with Gasteiger partial charge in [0.25, 0.3) is 0 Å². The van der Waals surface area contributed by atoms with Gasteiger partial charge in [-0.05, 0) is 44.5 Å². The molecular formula is C21H32N4O. The molecule has 1 aromatic rings. The molecule has 0 atom stereocenters. The van der Waals surface area contributed by atoms with E-state index in [1.807, 2.05) is 7.05 Å². The van der Waals surface area contributed by atoms with Gasteiger partial charge in [-0.25, -0.2) is 0 Å². The van der Waals surface area contributed by atoms with Gasteiger partial charge in [-0.2, -0.15) is 0 Å². The van der Waals surface area contributed by atoms with E-state index < -0.39 is 0 Å². The van der Waals surface area contributed by atoms with Crippen LogP contribution in [0.4, 0.5) is 0 Å². The van der Waals surface area contributed by atoms with Crippen molar-refractivity contribution in [2.24, 2.45) is 4.99 Å². The highest BCUT2D eigenvalue weighted by atomic mass is 16.5. The lowest BCUT2D eigenvalue weighted by atomic mass is 9.88. The molecule has 0 amide bonds. The number of benzene rings is 1. The molecule has 5 heteroatoms. The van der Waals surface area contributed by atoms with Crippen LogP contribution in [-0.2, 0) is 4.74 Å². The lowest BCUT2D eigenvalue weighted by Crippen LogP contribution is -2.57. The maximum absolute atomic E-state index is 5.58. The van der Waals surface area contributed by atoms with E-state index in [2.05, 4.69) is 70.6 Å². The fraction of sp³-hybridized carbons (Fsp3) is 0.571. The zero-order valence-corrected chi connectivity index (χ0v) is 16.4. The van der Waals surface area contributed by atoms with Gasteiger partial charge in [0.2, 0.25) is 0 Å². The van der Waals surface area contributed by atoms with Crippen LogP contribution in [0.2, 0.25) is 0 Å². The molecule has 1 saturated heterocycles. The van der Waals surface area contributed by atoms with Crippen LogP contribution in [0, 0.1) is 0 Å². The van der Waals surface area contributed by atoms with E-state index >= 15 is 0 Å². The Bertz CT molecular complexity index is 633. The van der Waals surface area contributed by atoms with E-state index in [0.717, 1.165) is 58.1 Å². The summed E-state index contributed by atoms with van der Waals surface area (Å²) < 4.78 is 5.58. The topological polar surface area (TPSA) is 40.1 Å². The molecular weight excluding hydrogens is 324 g/mol. The molecule has 0 spiro atoms. The number of guanidine groups is 1. The summed E-state index contributed by atoms with van der Waals surface area (Å²) in [5, 5.41) is 3.64. The van der Waals surface area contributed by atoms with E-state index in [0.29, 0.717) is 0 Å². The van der Waals surface area contributed by atoms with Crippen LogP contribution in [0.15, 0.2) is 41.4 Å². The molecule has 142 valence electrons. The molecule has 26 heavy (non-hydrogen) atoms. The summed E-state index contributed by atoms with van der Waals surface area (Å²) in [7, 11) is 6.22. The number of nitrogens with one attached hydrogen (secondary N) is 1. The Kier molecular flexibility index (Phi) is 6.33. The monoisotopic (exact) mass is 356 g/mol. The highest BCUT2D eigenvalue weighted by Gasteiger charge is 2.35. The van der Waals surface area contributed by atoms with Crippen LogP contribution in [0.25, 0.3) is 5.57 Å². The van der Waals surface area contributed by atoms with Crippen molar-refractivity contribution in [1.29, 1.82) is 0 Å². The van der Waals surface area contributed by atoms with Crippen LogP contribution in [0.3, 0.4) is 0 Å². The Labute approximate surface area is 157 Å². The summed E-state index contributed by atoms with van der Waals surface area (Å²) in [5.74, 6) is 1.00. The van der Waals surface area contributed by atoms with Crippen molar-refractivity contribution in [3.05, 3.63) is 42.0 Å². The number of ether oxygens (including phenoxy) is 1. The first-order valence-corrected chi connectivity index (χ1v) is 9.60. The van der Waals surface area contributed by atoms with Gasteiger partial charge < -0.3 is 19.9 Å². The van der Waals surface area contributed by atoms with Gasteiger partial charge in [-0.15, -0.1) is 0 Å². The molecule has 0 aliphatic carbocycles. The first-order chi connectivity index (χ1) is 12.6. The number of aliphatic imine (C=N–C) groups is 1. The minimum atomic E-state index is 0.148. The highest BCUT2D eigenvalue weighted by Crippen LogP contribution is 2.26. The van der Waals surface area contributed by atoms with E-state index in [1.54, 1.807) is 0 Å². The van der Waals surface area contributed by atoms with Crippen molar-refractivity contribution in [3.8, 4) is 0 Å². The third-order valence-electron chi connectivity index (χ3n) is 5.81. The molecule has 2 aliphatic heterocycles. The molecule has 2 aliphatic rings. The smallest absolute Gasteiger partial charge is 0.194 e. The summed E-state index contributed by atoms with van der Waals surface area (Å²) in [6.45, 7) is 4.49. The lowest BCUT2D eigenvalue weighted by Gasteiger charge is -2.43. The average molecular weight is 357 g/mol. The van der Waals surface area contributed by atoms with E-state index in [1.165, 1.54) is 11.1 Å². The Morgan fingerprint density at radius 2 is 1.96 bits per heavy atom. The Balaban J connectivity index is 1.61. The molecule has 1 aromatic carbocycles. The fourth-order valence-electron chi connectivity index (χ4n) is 3.89. The second-order valence-corrected chi connectivity index (χ2v) is 7.42. The summed E-state index contributed by atoms with van der Waals surface area (Å²) in [5.41, 5.74) is 2.92. The van der Waals surface area contributed by atoms with Crippen LogP contribution >= 0.6 is 0 Å². The van der Waals surface area contributed by atoms with Gasteiger partial charge in [0.15, 0.2) is 5.96 Å². The second-order valence-electron chi connectivity index (χ2n) is 7.42. The molecule has 0 saturated carbocycles. The van der Waals surface area contributed by atoms with E-state index in [9.17, 15) is 0 Å². The van der Waals surface area contributed by atoms with Crippen molar-refractivity contribution < 1.29 is 4.74 Å². The molecule has 0 aromatic heterocycles. The van der Waals surface area contributed by atoms with Crippen molar-refractivity contribution in [1.82, 2.24) is 15.1 Å². The minimum absolute atomic E-state index is 0.148. The normalized spacial score (nSPS) is 20.8. The molecule has 3 rings (SSSR count). The van der Waals surface area contributed by atoms with E-state index in [-0.39, 0.29) is 5.54 Å². The molecule has 1 N–H and O–H groups in total. The standard InChI is InChI=1S/C21H32N4O/c1-22-20(23-17-21(24(2)3)11-15-26-16-12-21)25-13-9-19(10-14-25)18-7-5-4-6-8-18/h4-9H,10-17H2,1-3H3,(H,22,23). The first-order valence-electron chi connectivity index (χ1n) is 9.60. The number of rotatable bonds is 4. The number of hydrogen-bond acceptors (Lipinski definition) is 3. The molecule has 5 nitrogen and oxygen atoms in total. The Hall–Kier alpha value is -1.85. The highest BCUT2D eigenvalue weighted by molar-refractivity contribution is 5.81. The Morgan fingerprint density at radius 3 is 2.54 bits per heavy atom. The van der Waals surface area contributed by atoms with Crippen LogP contribution < -0.4 is 5.32 Å². The largest absolute Gasteiger partial charge is 0.381 e. The van der Waals surface area contributed by atoms with Gasteiger partial charge in [-0.3, -0.25) is 4.99 Å². The molecule has 0 radical (unpaired) electrons. The fourth-order valence-corrected chi connectivity index (χ4v) is 3.89. The van der Waals surface area contributed by atoms with Crippen molar-refractivity contribution in [2.45, 2.75) is 24.8 Å². The first kappa shape index (κ1) is 18.9. The predicted molar refractivity (Wildman–Crippen MR) is 108 cm³/mol. The van der Waals surface area contributed by atoms with E-state index in [4.69, 9.17) is 4.74 Å². The van der Waals surface area contributed by atoms with Gasteiger partial charge in [0.05, 0.1) is 0 Å². The Morgan fingerprint density at radius 1 is 1.23 bits per heavy atom. The third-order valence-corrected chi connectivity index (χ3v) is 5.81. The molecule has 0 unspecified atom stereocenters. The number of hydrogen-bond donors (Lipinski definition) is 1. The SMILES string of the molecule is CN=C(NCC1(N(C)C)CCOCC1)N1CC=C(c2ccccc2)CC1. The molecule has 1 fully saturated rings. The third kappa shape index (κ3) is 4.27. The molecule has 2 heterocycles. The zero-order chi connectivity index (χ0) is 18.4. The maximum atomic E-state index is 5.58. The zero-order valence-electron chi connectivity index (χ0n) is 16.4. The summed E-state index contributed by atoms with van der Waals surface area (Å²) in [4.78, 5) is 9.23. The number of nitrogens with zero attached hydrogens (tertiary/aromatic N) is 3. The van der Waals surface area contributed by atoms with Crippen LogP contribution in [-0.4, -0.2) is 75.3 Å². The minimum Gasteiger partial charge on any atom is -0.381 e. The quantitative estimate of drug-likeness (QED) is 0.665. The van der Waals surface area contributed by atoms with Crippen LogP contribution in [0.1, 0.15) is 24.8 Å².